The molecule has 0 saturated carbocycles. The topological polar surface area (TPSA) is 121 Å². The number of piperidine rings is 1. The Labute approximate surface area is 180 Å². The summed E-state index contributed by atoms with van der Waals surface area (Å²) < 4.78 is 11.8. The molecule has 2 saturated heterocycles. The molecule has 4 N–H and O–H groups in total. The first-order valence-corrected chi connectivity index (χ1v) is 10.9. The molecular weight excluding hydrogens is 408 g/mol. The molecule has 1 aromatic heterocycles. The van der Waals surface area contributed by atoms with Gasteiger partial charge in [-0.3, -0.25) is 0 Å². The van der Waals surface area contributed by atoms with Crippen molar-refractivity contribution in [2.45, 2.75) is 25.9 Å². The first-order chi connectivity index (χ1) is 14.4. The molecule has 0 bridgehead atoms. The summed E-state index contributed by atoms with van der Waals surface area (Å²) in [7, 11) is 1.65. The molecule has 30 heavy (non-hydrogen) atoms. The van der Waals surface area contributed by atoms with Gasteiger partial charge < -0.3 is 35.2 Å². The van der Waals surface area contributed by atoms with Gasteiger partial charge >= 0.3 is 6.09 Å². The Bertz CT molecular complexity index is 845. The predicted molar refractivity (Wildman–Crippen MR) is 118 cm³/mol. The van der Waals surface area contributed by atoms with E-state index < -0.39 is 6.09 Å². The fraction of sp³-hybridized carbons (Fsp3) is 0.600. The number of hydrogen-bond donors (Lipinski definition) is 3. The number of amides is 1. The molecular formula is C20H30N4O5S. The van der Waals surface area contributed by atoms with Crippen molar-refractivity contribution in [2.75, 3.05) is 57.1 Å². The lowest BCUT2D eigenvalue weighted by Gasteiger charge is -2.31. The molecule has 1 aromatic carbocycles. The van der Waals surface area contributed by atoms with E-state index in [1.165, 1.54) is 21.9 Å². The average Bonchev–Trinajstić information content (AvgIpc) is 3.15. The van der Waals surface area contributed by atoms with Crippen LogP contribution in [0.3, 0.4) is 0 Å². The van der Waals surface area contributed by atoms with Crippen LogP contribution in [0.25, 0.3) is 10.2 Å². The second-order valence-electron chi connectivity index (χ2n) is 7.46. The van der Waals surface area contributed by atoms with E-state index in [0.717, 1.165) is 55.1 Å². The van der Waals surface area contributed by atoms with Gasteiger partial charge in [-0.1, -0.05) is 11.3 Å². The van der Waals surface area contributed by atoms with Crippen LogP contribution in [0.5, 0.6) is 5.75 Å². The number of rotatable bonds is 3. The van der Waals surface area contributed by atoms with Gasteiger partial charge in [0, 0.05) is 26.2 Å². The lowest BCUT2D eigenvalue weighted by atomic mass is 9.92. The van der Waals surface area contributed by atoms with E-state index in [2.05, 4.69) is 16.0 Å². The van der Waals surface area contributed by atoms with Crippen LogP contribution in [-0.4, -0.2) is 78.8 Å². The summed E-state index contributed by atoms with van der Waals surface area (Å²) in [4.78, 5) is 18.6. The Kier molecular flexibility index (Phi) is 7.57. The summed E-state index contributed by atoms with van der Waals surface area (Å²) in [6, 6.07) is 4.02. The van der Waals surface area contributed by atoms with Crippen LogP contribution in [0, 0.1) is 5.92 Å². The molecule has 2 aliphatic rings. The van der Waals surface area contributed by atoms with Gasteiger partial charge in [0.15, 0.2) is 5.13 Å². The zero-order valence-electron chi connectivity index (χ0n) is 17.4. The Balaban J connectivity index is 0.000000187. The highest BCUT2D eigenvalue weighted by Crippen LogP contribution is 2.38. The van der Waals surface area contributed by atoms with Crippen molar-refractivity contribution in [1.82, 2.24) is 9.88 Å². The van der Waals surface area contributed by atoms with Crippen LogP contribution in [0.15, 0.2) is 12.1 Å². The zero-order valence-corrected chi connectivity index (χ0v) is 18.2. The van der Waals surface area contributed by atoms with Gasteiger partial charge in [0.1, 0.15) is 11.3 Å². The molecule has 9 nitrogen and oxygen atoms in total. The Morgan fingerprint density at radius 3 is 2.53 bits per heavy atom. The minimum absolute atomic E-state index is 0.278. The number of thiazole rings is 1. The Hall–Kier alpha value is -2.30. The summed E-state index contributed by atoms with van der Waals surface area (Å²) in [5.74, 6) is 1.05. The number of nitrogens with two attached hydrogens (primary N) is 1. The van der Waals surface area contributed by atoms with Gasteiger partial charge in [-0.2, -0.15) is 0 Å². The largest absolute Gasteiger partial charge is 0.494 e. The molecule has 2 aliphatic heterocycles. The number of likely N-dealkylation sites (tertiary alicyclic amines) is 1. The molecule has 0 radical (unpaired) electrons. The van der Waals surface area contributed by atoms with E-state index in [1.54, 1.807) is 14.0 Å². The lowest BCUT2D eigenvalue weighted by molar-refractivity contribution is 0.0685. The van der Waals surface area contributed by atoms with Crippen molar-refractivity contribution in [3.8, 4) is 5.75 Å². The molecule has 0 unspecified atom stereocenters. The number of aliphatic hydroxyl groups is 1. The van der Waals surface area contributed by atoms with Crippen molar-refractivity contribution < 1.29 is 24.5 Å². The van der Waals surface area contributed by atoms with E-state index in [0.29, 0.717) is 18.2 Å². The van der Waals surface area contributed by atoms with Gasteiger partial charge in [-0.15, -0.1) is 0 Å². The second kappa shape index (κ2) is 10.1. The van der Waals surface area contributed by atoms with Crippen molar-refractivity contribution in [2.24, 2.45) is 5.92 Å². The lowest BCUT2D eigenvalue weighted by Crippen LogP contribution is -2.39. The van der Waals surface area contributed by atoms with E-state index in [4.69, 9.17) is 20.3 Å². The molecule has 1 amide bonds. The summed E-state index contributed by atoms with van der Waals surface area (Å²) in [5.41, 5.74) is 7.84. The number of benzene rings is 1. The molecule has 2 aromatic rings. The molecule has 2 fully saturated rings. The fourth-order valence-corrected chi connectivity index (χ4v) is 4.67. The fourth-order valence-electron chi connectivity index (χ4n) is 3.78. The average molecular weight is 439 g/mol. The number of ether oxygens (including phenoxy) is 2. The highest BCUT2D eigenvalue weighted by Gasteiger charge is 2.24. The smallest absolute Gasteiger partial charge is 0.407 e. The third-order valence-corrected chi connectivity index (χ3v) is 6.47. The molecule has 10 heteroatoms. The van der Waals surface area contributed by atoms with Crippen LogP contribution in [0.1, 0.15) is 19.8 Å². The van der Waals surface area contributed by atoms with Gasteiger partial charge in [0.2, 0.25) is 0 Å². The summed E-state index contributed by atoms with van der Waals surface area (Å²) >= 11 is 1.51. The van der Waals surface area contributed by atoms with E-state index in [-0.39, 0.29) is 12.0 Å². The second-order valence-corrected chi connectivity index (χ2v) is 8.49. The number of anilines is 2. The number of carbonyl (C=O) groups is 1. The monoisotopic (exact) mass is 438 g/mol. The molecule has 0 aliphatic carbocycles. The van der Waals surface area contributed by atoms with Crippen LogP contribution in [-0.2, 0) is 4.74 Å². The predicted octanol–water partition coefficient (Wildman–Crippen LogP) is 2.48. The minimum atomic E-state index is -0.848. The number of fused-ring (bicyclic) bond motifs is 1. The van der Waals surface area contributed by atoms with Crippen LogP contribution < -0.4 is 15.4 Å². The maximum absolute atomic E-state index is 10.5. The van der Waals surface area contributed by atoms with Gasteiger partial charge in [-0.25, -0.2) is 9.78 Å². The van der Waals surface area contributed by atoms with E-state index >= 15 is 0 Å². The number of aliphatic hydroxyl groups excluding tert-OH is 1. The summed E-state index contributed by atoms with van der Waals surface area (Å²) in [6.45, 7) is 6.22. The number of morpholine rings is 1. The molecule has 0 spiro atoms. The first-order valence-electron chi connectivity index (χ1n) is 10.1. The SMILES string of the molecule is COc1ccc(N2CCOCC2)c2sc(N)nc12.C[C@@H](O)C1CCN(C(=O)O)CC1. The molecule has 1 atom stereocenters. The first kappa shape index (κ1) is 22.4. The van der Waals surface area contributed by atoms with E-state index in [9.17, 15) is 9.90 Å². The van der Waals surface area contributed by atoms with Crippen molar-refractivity contribution in [3.63, 3.8) is 0 Å². The summed E-state index contributed by atoms with van der Waals surface area (Å²) in [6.07, 6.45) is 0.411. The van der Waals surface area contributed by atoms with Crippen molar-refractivity contribution in [3.05, 3.63) is 12.1 Å². The van der Waals surface area contributed by atoms with Gasteiger partial charge in [0.25, 0.3) is 0 Å². The van der Waals surface area contributed by atoms with Crippen molar-refractivity contribution in [1.29, 1.82) is 0 Å². The number of carboxylic acid groups (broad SMARTS) is 1. The Morgan fingerprint density at radius 1 is 1.30 bits per heavy atom. The van der Waals surface area contributed by atoms with Gasteiger partial charge in [0.05, 0.1) is 36.8 Å². The maximum atomic E-state index is 10.5. The number of nitrogen functional groups attached to an aromatic ring is 1. The quantitative estimate of drug-likeness (QED) is 0.668. The van der Waals surface area contributed by atoms with Crippen LogP contribution in [0.2, 0.25) is 0 Å². The standard InChI is InChI=1S/C12H15N3O2S.C8H15NO3/c1-16-9-3-2-8(15-4-6-17-7-5-15)11-10(9)14-12(13)18-11;1-6(10)7-2-4-9(5-3-7)8(11)12/h2-3H,4-7H2,1H3,(H2,13,14);6-7,10H,2-5H2,1H3,(H,11,12)/t;6-/m.1/s1. The van der Waals surface area contributed by atoms with Crippen molar-refractivity contribution >= 4 is 38.5 Å². The van der Waals surface area contributed by atoms with E-state index in [1.807, 2.05) is 6.07 Å². The van der Waals surface area contributed by atoms with Crippen LogP contribution >= 0.6 is 11.3 Å². The highest BCUT2D eigenvalue weighted by molar-refractivity contribution is 7.22. The minimum Gasteiger partial charge on any atom is -0.494 e. The molecule has 166 valence electrons. The third kappa shape index (κ3) is 5.24. The normalized spacial score (nSPS) is 18.6. The number of aromatic nitrogens is 1. The number of hydrogen-bond acceptors (Lipinski definition) is 8. The number of methoxy groups -OCH3 is 1. The Morgan fingerprint density at radius 2 is 1.97 bits per heavy atom. The number of nitrogens with zero attached hydrogens (tertiary/aromatic N) is 3. The van der Waals surface area contributed by atoms with Crippen LogP contribution in [0.4, 0.5) is 15.6 Å². The maximum Gasteiger partial charge on any atom is 0.407 e. The molecule has 3 heterocycles. The molecule has 4 rings (SSSR count). The summed E-state index contributed by atoms with van der Waals surface area (Å²) in [5, 5.41) is 18.4. The third-order valence-electron chi connectivity index (χ3n) is 5.57. The van der Waals surface area contributed by atoms with Gasteiger partial charge in [-0.05, 0) is 37.8 Å². The zero-order chi connectivity index (χ0) is 21.7. The highest BCUT2D eigenvalue weighted by atomic mass is 32.1.